The molecule has 382 valence electrons. The van der Waals surface area contributed by atoms with Crippen molar-refractivity contribution in [2.24, 2.45) is 41.4 Å². The van der Waals surface area contributed by atoms with Gasteiger partial charge < -0.3 is 39.2 Å². The Labute approximate surface area is 404 Å². The van der Waals surface area contributed by atoms with Gasteiger partial charge in [-0.2, -0.15) is 4.31 Å². The van der Waals surface area contributed by atoms with Gasteiger partial charge in [0.25, 0.3) is 11.7 Å². The Hall–Kier alpha value is -3.09. The van der Waals surface area contributed by atoms with Crippen LogP contribution in [-0.4, -0.2) is 144 Å². The predicted octanol–water partition coefficient (Wildman–Crippen LogP) is 5.61. The molecule has 6 rings (SSSR count). The standard InChI is InChI=1S/C52H80N2O13S/c1-31-13-10-9-11-14-33(3)41(54-22-12-24-68(54,62)63)30-39-18-16-36(6)52(61,67-39)49(58)50(59)53-23-21-38-29-42(53)51(60)66-44(40(38)27-37-17-19-43(55)45(28-37)64-7)20-15-32(2)26-35(5)47(57)48(65-8)46(56)34(4)25-31/h9-11,13-14,26,31-32,34,36-45,47-48,55,57,61H,12,15-25,27-30H2,1-8H3/b11-9+,13-10+,33-14+,35-26+/t31-,32+,34-,36-,37+,38+,39+,40?,41?,42+,43-,44+,45-,47-,48+,52-/m1/s1. The smallest absolute Gasteiger partial charge is 0.329 e. The molecule has 1 amide bonds. The number of Topliss-reactive ketones (excluding diaryl/α,β-unsaturated/α-hetero) is 2. The van der Waals surface area contributed by atoms with Crippen molar-refractivity contribution in [3.63, 3.8) is 0 Å². The van der Waals surface area contributed by atoms with Gasteiger partial charge in [-0.3, -0.25) is 14.4 Å². The van der Waals surface area contributed by atoms with E-state index in [0.29, 0.717) is 69.9 Å². The summed E-state index contributed by atoms with van der Waals surface area (Å²) < 4.78 is 52.2. The van der Waals surface area contributed by atoms with Crippen molar-refractivity contribution in [3.8, 4) is 0 Å². The molecule has 0 aromatic heterocycles. The van der Waals surface area contributed by atoms with Crippen LogP contribution in [0.15, 0.2) is 47.6 Å². The number of allylic oxidation sites excluding steroid dienone is 6. The molecular weight excluding hydrogens is 893 g/mol. The lowest BCUT2D eigenvalue weighted by atomic mass is 9.71. The second-order valence-corrected chi connectivity index (χ2v) is 23.3. The average Bonchev–Trinajstić information content (AvgIpc) is 3.62. The van der Waals surface area contributed by atoms with Crippen molar-refractivity contribution >= 4 is 33.5 Å². The maximum absolute atomic E-state index is 14.5. The second kappa shape index (κ2) is 23.4. The molecule has 0 radical (unpaired) electrons. The SMILES string of the molecule is CO[C@@H]1C[C@H](CC2[C@H]3CCN4C(=O)C(=O)[C@]5(O)O[C@@H](CC[C@H]5C)CC(N5CCCS5(=O)=O)/C(C)=C/C=C/C=C/[C@@H](C)C[C@@H](C)C(=O)[C@H](OC)[C@H](O)/C(C)=C/[C@@H](C)CC[C@@H]2OC(=O)[C@@H]4C3)CC[C@H]1O. The number of methoxy groups -OCH3 is 2. The lowest BCUT2D eigenvalue weighted by Crippen LogP contribution is -2.61. The Morgan fingerprint density at radius 3 is 2.25 bits per heavy atom. The third-order valence-electron chi connectivity index (χ3n) is 16.2. The quantitative estimate of drug-likeness (QED) is 0.174. The molecule has 6 aliphatic rings. The number of rotatable bonds is 5. The van der Waals surface area contributed by atoms with Gasteiger partial charge in [-0.1, -0.05) is 69.7 Å². The number of hydrogen-bond donors (Lipinski definition) is 3. The van der Waals surface area contributed by atoms with E-state index in [9.17, 15) is 42.9 Å². The van der Waals surface area contributed by atoms with Crippen LogP contribution >= 0.6 is 0 Å². The summed E-state index contributed by atoms with van der Waals surface area (Å²) in [6, 6.07) is -1.70. The first kappa shape index (κ1) is 54.2. The van der Waals surface area contributed by atoms with Gasteiger partial charge in [0.1, 0.15) is 24.4 Å². The van der Waals surface area contributed by atoms with Gasteiger partial charge in [0.2, 0.25) is 15.8 Å². The van der Waals surface area contributed by atoms with E-state index in [1.807, 2.05) is 64.2 Å². The van der Waals surface area contributed by atoms with Crippen LogP contribution in [0.25, 0.3) is 0 Å². The zero-order valence-corrected chi connectivity index (χ0v) is 42.5. The average molecular weight is 973 g/mol. The number of carbonyl (C=O) groups excluding carboxylic acids is 4. The number of ether oxygens (including phenoxy) is 4. The molecule has 5 heterocycles. The van der Waals surface area contributed by atoms with Crippen LogP contribution in [0.5, 0.6) is 0 Å². The van der Waals surface area contributed by atoms with E-state index < -0.39 is 87.9 Å². The summed E-state index contributed by atoms with van der Waals surface area (Å²) in [5.74, 6) is -6.64. The highest BCUT2D eigenvalue weighted by Gasteiger charge is 2.55. The number of hydrogen-bond acceptors (Lipinski definition) is 13. The Balaban J connectivity index is 1.33. The molecule has 2 unspecified atom stereocenters. The largest absolute Gasteiger partial charge is 0.461 e. The lowest BCUT2D eigenvalue weighted by molar-refractivity contribution is -0.264. The van der Waals surface area contributed by atoms with Crippen LogP contribution in [0.1, 0.15) is 125 Å². The Bertz CT molecular complexity index is 2040. The lowest BCUT2D eigenvalue weighted by Gasteiger charge is -2.44. The van der Waals surface area contributed by atoms with E-state index in [1.54, 1.807) is 21.0 Å². The summed E-state index contributed by atoms with van der Waals surface area (Å²) >= 11 is 0. The Morgan fingerprint density at radius 1 is 0.809 bits per heavy atom. The fourth-order valence-corrected chi connectivity index (χ4v) is 13.9. The third-order valence-corrected chi connectivity index (χ3v) is 18.2. The molecule has 5 fully saturated rings. The fraction of sp³-hybridized carbons (Fsp3) is 0.769. The number of aliphatic hydroxyl groups excluding tert-OH is 2. The summed E-state index contributed by atoms with van der Waals surface area (Å²) in [7, 11) is -0.564. The van der Waals surface area contributed by atoms with E-state index in [-0.39, 0.29) is 66.6 Å². The normalized spacial score (nSPS) is 43.5. The molecule has 3 N–H and O–H groups in total. The topological polar surface area (TPSA) is 207 Å². The highest BCUT2D eigenvalue weighted by molar-refractivity contribution is 7.89. The first-order chi connectivity index (χ1) is 32.2. The van der Waals surface area contributed by atoms with Crippen molar-refractivity contribution < 1.29 is 61.9 Å². The van der Waals surface area contributed by atoms with E-state index in [1.165, 1.54) is 16.3 Å². The zero-order chi connectivity index (χ0) is 49.7. The minimum absolute atomic E-state index is 0.00280. The van der Waals surface area contributed by atoms with Gasteiger partial charge in [-0.25, -0.2) is 13.2 Å². The van der Waals surface area contributed by atoms with Gasteiger partial charge >= 0.3 is 5.97 Å². The van der Waals surface area contributed by atoms with Gasteiger partial charge in [-0.15, -0.1) is 0 Å². The van der Waals surface area contributed by atoms with Crippen LogP contribution in [0.2, 0.25) is 0 Å². The second-order valence-electron chi connectivity index (χ2n) is 21.2. The maximum atomic E-state index is 14.5. The molecule has 5 bridgehead atoms. The first-order valence-electron chi connectivity index (χ1n) is 25.3. The molecule has 1 aliphatic carbocycles. The van der Waals surface area contributed by atoms with Crippen LogP contribution in [0.3, 0.4) is 0 Å². The van der Waals surface area contributed by atoms with Gasteiger partial charge in [0.05, 0.1) is 24.1 Å². The van der Waals surface area contributed by atoms with Gasteiger partial charge in [0, 0.05) is 45.2 Å². The number of esters is 1. The molecule has 5 aliphatic heterocycles. The highest BCUT2D eigenvalue weighted by Crippen LogP contribution is 2.44. The summed E-state index contributed by atoms with van der Waals surface area (Å²) in [6.07, 6.45) is 13.4. The van der Waals surface area contributed by atoms with E-state index >= 15 is 0 Å². The number of nitrogens with zero attached hydrogens (tertiary/aromatic N) is 2. The van der Waals surface area contributed by atoms with Crippen LogP contribution in [0, 0.1) is 41.4 Å². The van der Waals surface area contributed by atoms with Crippen molar-refractivity contribution in [1.82, 2.24) is 9.21 Å². The van der Waals surface area contributed by atoms with E-state index in [2.05, 4.69) is 0 Å². The number of carbonyl (C=O) groups is 4. The number of sulfonamides is 1. The molecule has 0 aromatic rings. The number of fused-ring (bicyclic) bond motifs is 5. The van der Waals surface area contributed by atoms with Gasteiger partial charge in [-0.05, 0) is 132 Å². The summed E-state index contributed by atoms with van der Waals surface area (Å²) in [4.78, 5) is 58.3. The molecule has 16 heteroatoms. The number of ketones is 2. The minimum Gasteiger partial charge on any atom is -0.461 e. The third kappa shape index (κ3) is 12.5. The van der Waals surface area contributed by atoms with Crippen molar-refractivity contribution in [3.05, 3.63) is 47.6 Å². The maximum Gasteiger partial charge on any atom is 0.329 e. The van der Waals surface area contributed by atoms with E-state index in [0.717, 1.165) is 18.4 Å². The summed E-state index contributed by atoms with van der Waals surface area (Å²) in [6.45, 7) is 11.6. The summed E-state index contributed by atoms with van der Waals surface area (Å²) in [5, 5.41) is 34.3. The van der Waals surface area contributed by atoms with Crippen molar-refractivity contribution in [2.45, 2.75) is 180 Å². The van der Waals surface area contributed by atoms with Crippen molar-refractivity contribution in [2.75, 3.05) is 33.1 Å². The molecular formula is C52H80N2O13S. The van der Waals surface area contributed by atoms with Crippen LogP contribution in [-0.2, 0) is 48.1 Å². The summed E-state index contributed by atoms with van der Waals surface area (Å²) in [5.41, 5.74) is 1.33. The molecule has 15 nitrogen and oxygen atoms in total. The predicted molar refractivity (Wildman–Crippen MR) is 256 cm³/mol. The van der Waals surface area contributed by atoms with E-state index in [4.69, 9.17) is 18.9 Å². The first-order valence-corrected chi connectivity index (χ1v) is 26.9. The fourth-order valence-electron chi connectivity index (χ4n) is 12.1. The monoisotopic (exact) mass is 973 g/mol. The molecule has 1 saturated carbocycles. The molecule has 16 atom stereocenters. The molecule has 0 aromatic carbocycles. The Morgan fingerprint density at radius 2 is 1.56 bits per heavy atom. The molecule has 0 spiro atoms. The number of piperidine rings is 1. The number of aliphatic hydroxyl groups is 3. The van der Waals surface area contributed by atoms with Crippen LogP contribution in [0.4, 0.5) is 0 Å². The Kier molecular flexibility index (Phi) is 18.7. The highest BCUT2D eigenvalue weighted by atomic mass is 32.2. The van der Waals surface area contributed by atoms with Crippen molar-refractivity contribution in [1.29, 1.82) is 0 Å². The van der Waals surface area contributed by atoms with Crippen LogP contribution < -0.4 is 0 Å². The molecule has 4 saturated heterocycles. The zero-order valence-electron chi connectivity index (χ0n) is 41.7. The number of amides is 1. The van der Waals surface area contributed by atoms with Gasteiger partial charge in [0.15, 0.2) is 5.78 Å². The minimum atomic E-state index is -3.60. The molecule has 68 heavy (non-hydrogen) atoms.